The lowest BCUT2D eigenvalue weighted by atomic mass is 9.81. The number of hydrogen-bond donors (Lipinski definition) is 0. The third-order valence-corrected chi connectivity index (χ3v) is 5.59. The van der Waals surface area contributed by atoms with Gasteiger partial charge in [-0.15, -0.1) is 0 Å². The van der Waals surface area contributed by atoms with Crippen LogP contribution < -0.4 is 4.74 Å². The van der Waals surface area contributed by atoms with Crippen molar-refractivity contribution in [3.05, 3.63) is 53.6 Å². The molecule has 0 heterocycles. The average molecular weight is 398 g/mol. The minimum absolute atomic E-state index is 0.0953. The van der Waals surface area contributed by atoms with E-state index in [1.807, 2.05) is 0 Å². The summed E-state index contributed by atoms with van der Waals surface area (Å²) in [6.45, 7) is 2.52. The molecule has 0 radical (unpaired) electrons. The summed E-state index contributed by atoms with van der Waals surface area (Å²) in [5.41, 5.74) is -0.759. The normalized spacial score (nSPS) is 20.2. The summed E-state index contributed by atoms with van der Waals surface area (Å²) < 4.78 is 72.3. The van der Waals surface area contributed by atoms with Gasteiger partial charge >= 0.3 is 6.18 Å². The van der Waals surface area contributed by atoms with Gasteiger partial charge < -0.3 is 4.74 Å². The smallest absolute Gasteiger partial charge is 0.416 e. The minimum Gasteiger partial charge on any atom is -0.490 e. The molecule has 6 heteroatoms. The van der Waals surface area contributed by atoms with E-state index in [-0.39, 0.29) is 16.9 Å². The van der Waals surface area contributed by atoms with Crippen molar-refractivity contribution in [3.8, 4) is 16.9 Å². The van der Waals surface area contributed by atoms with Gasteiger partial charge in [0.25, 0.3) is 0 Å². The number of alkyl halides is 3. The van der Waals surface area contributed by atoms with E-state index < -0.39 is 23.4 Å². The van der Waals surface area contributed by atoms with E-state index in [4.69, 9.17) is 4.74 Å². The highest BCUT2D eigenvalue weighted by Crippen LogP contribution is 2.35. The fraction of sp³-hybridized carbons (Fsp3) is 0.455. The second-order valence-corrected chi connectivity index (χ2v) is 7.42. The quantitative estimate of drug-likeness (QED) is 0.482. The molecule has 1 aliphatic rings. The van der Waals surface area contributed by atoms with Crippen LogP contribution >= 0.6 is 0 Å². The van der Waals surface area contributed by atoms with Gasteiger partial charge in [0.2, 0.25) is 5.82 Å². The molecular weight excluding hydrogens is 375 g/mol. The van der Waals surface area contributed by atoms with E-state index in [9.17, 15) is 22.0 Å². The van der Waals surface area contributed by atoms with Crippen molar-refractivity contribution in [1.29, 1.82) is 0 Å². The highest BCUT2D eigenvalue weighted by Gasteiger charge is 2.30. The number of hydrogen-bond acceptors (Lipinski definition) is 1. The first-order valence-corrected chi connectivity index (χ1v) is 9.58. The Balaban J connectivity index is 1.69. The molecule has 28 heavy (non-hydrogen) atoms. The molecule has 0 spiro atoms. The molecule has 1 fully saturated rings. The largest absolute Gasteiger partial charge is 0.490 e. The second-order valence-electron chi connectivity index (χ2n) is 7.42. The van der Waals surface area contributed by atoms with Crippen molar-refractivity contribution in [2.24, 2.45) is 11.8 Å². The Morgan fingerprint density at radius 1 is 0.857 bits per heavy atom. The lowest BCUT2D eigenvalue weighted by Crippen LogP contribution is -2.20. The predicted octanol–water partition coefficient (Wildman–Crippen LogP) is 7.25. The fourth-order valence-electron chi connectivity index (χ4n) is 3.72. The SMILES string of the molecule is CCC1CCC(COc2ccc(-c3ccc(C(F)(F)F)cc3)c(F)c2F)CC1. The van der Waals surface area contributed by atoms with Crippen LogP contribution in [0.2, 0.25) is 0 Å². The summed E-state index contributed by atoms with van der Waals surface area (Å²) in [4.78, 5) is 0. The lowest BCUT2D eigenvalue weighted by molar-refractivity contribution is -0.137. The molecule has 1 saturated carbocycles. The third kappa shape index (κ3) is 4.65. The Kier molecular flexibility index (Phi) is 6.26. The van der Waals surface area contributed by atoms with Gasteiger partial charge in [-0.3, -0.25) is 0 Å². The van der Waals surface area contributed by atoms with Gasteiger partial charge in [-0.25, -0.2) is 4.39 Å². The molecule has 1 aliphatic carbocycles. The maximum atomic E-state index is 14.5. The first-order chi connectivity index (χ1) is 13.3. The van der Waals surface area contributed by atoms with Crippen LogP contribution in [-0.2, 0) is 6.18 Å². The molecule has 0 unspecified atom stereocenters. The first-order valence-electron chi connectivity index (χ1n) is 9.58. The molecule has 0 bridgehead atoms. The van der Waals surface area contributed by atoms with Crippen LogP contribution in [0.5, 0.6) is 5.75 Å². The summed E-state index contributed by atoms with van der Waals surface area (Å²) in [5.74, 6) is -1.31. The highest BCUT2D eigenvalue weighted by atomic mass is 19.4. The Labute approximate surface area is 161 Å². The van der Waals surface area contributed by atoms with Crippen LogP contribution in [0, 0.1) is 23.5 Å². The zero-order valence-corrected chi connectivity index (χ0v) is 15.7. The van der Waals surface area contributed by atoms with Gasteiger partial charge in [-0.1, -0.05) is 38.3 Å². The summed E-state index contributed by atoms with van der Waals surface area (Å²) in [6, 6.07) is 6.64. The van der Waals surface area contributed by atoms with Crippen LogP contribution in [0.3, 0.4) is 0 Å². The Morgan fingerprint density at radius 3 is 2.04 bits per heavy atom. The maximum absolute atomic E-state index is 14.5. The predicted molar refractivity (Wildman–Crippen MR) is 98.0 cm³/mol. The molecule has 0 amide bonds. The van der Waals surface area contributed by atoms with E-state index >= 15 is 0 Å². The van der Waals surface area contributed by atoms with E-state index in [0.29, 0.717) is 12.5 Å². The molecule has 0 aromatic heterocycles. The van der Waals surface area contributed by atoms with E-state index in [1.165, 1.54) is 18.6 Å². The molecule has 0 saturated heterocycles. The van der Waals surface area contributed by atoms with Crippen molar-refractivity contribution < 1.29 is 26.7 Å². The number of ether oxygens (including phenoxy) is 1. The summed E-state index contributed by atoms with van der Waals surface area (Å²) >= 11 is 0. The average Bonchev–Trinajstić information content (AvgIpc) is 2.69. The zero-order chi connectivity index (χ0) is 20.3. The van der Waals surface area contributed by atoms with Gasteiger partial charge in [0.15, 0.2) is 11.6 Å². The van der Waals surface area contributed by atoms with Crippen molar-refractivity contribution >= 4 is 0 Å². The number of rotatable bonds is 5. The van der Waals surface area contributed by atoms with Gasteiger partial charge in [0, 0.05) is 5.56 Å². The molecule has 2 aromatic carbocycles. The first kappa shape index (κ1) is 20.6. The van der Waals surface area contributed by atoms with Crippen molar-refractivity contribution in [3.63, 3.8) is 0 Å². The second kappa shape index (κ2) is 8.50. The Hall–Kier alpha value is -2.11. The standard InChI is InChI=1S/C22H23F5O/c1-2-14-3-5-15(6-4-14)13-28-19-12-11-18(20(23)21(19)24)16-7-9-17(10-8-16)22(25,26)27/h7-12,14-15H,2-6,13H2,1H3. The van der Waals surface area contributed by atoms with Gasteiger partial charge in [-0.05, 0) is 54.5 Å². The Morgan fingerprint density at radius 2 is 1.46 bits per heavy atom. The van der Waals surface area contributed by atoms with Gasteiger partial charge in [0.05, 0.1) is 12.2 Å². The van der Waals surface area contributed by atoms with Crippen LogP contribution in [0.4, 0.5) is 22.0 Å². The highest BCUT2D eigenvalue weighted by molar-refractivity contribution is 5.65. The Bertz CT molecular complexity index is 790. The topological polar surface area (TPSA) is 9.23 Å². The van der Waals surface area contributed by atoms with E-state index in [2.05, 4.69) is 6.92 Å². The summed E-state index contributed by atoms with van der Waals surface area (Å²) in [6.07, 6.45) is 0.996. The van der Waals surface area contributed by atoms with Gasteiger partial charge in [0.1, 0.15) is 0 Å². The summed E-state index contributed by atoms with van der Waals surface area (Å²) in [7, 11) is 0. The molecule has 2 aromatic rings. The van der Waals surface area contributed by atoms with Crippen LogP contribution in [-0.4, -0.2) is 6.61 Å². The van der Waals surface area contributed by atoms with E-state index in [0.717, 1.165) is 55.9 Å². The van der Waals surface area contributed by atoms with Gasteiger partial charge in [-0.2, -0.15) is 17.6 Å². The third-order valence-electron chi connectivity index (χ3n) is 5.59. The van der Waals surface area contributed by atoms with Crippen molar-refractivity contribution in [1.82, 2.24) is 0 Å². The minimum atomic E-state index is -4.48. The van der Waals surface area contributed by atoms with Crippen LogP contribution in [0.25, 0.3) is 11.1 Å². The molecule has 0 N–H and O–H groups in total. The number of benzene rings is 2. The molecule has 152 valence electrons. The van der Waals surface area contributed by atoms with Crippen LogP contribution in [0.1, 0.15) is 44.6 Å². The van der Waals surface area contributed by atoms with E-state index in [1.54, 1.807) is 0 Å². The maximum Gasteiger partial charge on any atom is 0.416 e. The lowest BCUT2D eigenvalue weighted by Gasteiger charge is -2.27. The molecule has 1 nitrogen and oxygen atoms in total. The fourth-order valence-corrected chi connectivity index (χ4v) is 3.72. The van der Waals surface area contributed by atoms with Crippen molar-refractivity contribution in [2.45, 2.75) is 45.2 Å². The number of halogens is 5. The monoisotopic (exact) mass is 398 g/mol. The zero-order valence-electron chi connectivity index (χ0n) is 15.7. The molecule has 3 rings (SSSR count). The summed E-state index contributed by atoms with van der Waals surface area (Å²) in [5, 5.41) is 0. The van der Waals surface area contributed by atoms with Crippen LogP contribution in [0.15, 0.2) is 36.4 Å². The molecule has 0 atom stereocenters. The van der Waals surface area contributed by atoms with Crippen molar-refractivity contribution in [2.75, 3.05) is 6.61 Å². The molecular formula is C22H23F5O. The molecule has 0 aliphatic heterocycles.